The fourth-order valence-corrected chi connectivity index (χ4v) is 1.32. The van der Waals surface area contributed by atoms with Crippen molar-refractivity contribution in [2.45, 2.75) is 19.3 Å². The molecule has 0 radical (unpaired) electrons. The van der Waals surface area contributed by atoms with Gasteiger partial charge < -0.3 is 5.73 Å². The first-order valence-electron chi connectivity index (χ1n) is 5.13. The molecule has 92 valence electrons. The third-order valence-electron chi connectivity index (χ3n) is 2.09. The van der Waals surface area contributed by atoms with Crippen LogP contribution in [0.5, 0.6) is 0 Å². The largest absolute Gasteiger partial charge is 0.431 e. The lowest BCUT2D eigenvalue weighted by Crippen LogP contribution is -2.32. The minimum atomic E-state index is -1.23. The van der Waals surface area contributed by atoms with Crippen molar-refractivity contribution in [2.75, 3.05) is 0 Å². The van der Waals surface area contributed by atoms with Crippen molar-refractivity contribution in [1.82, 2.24) is 5.23 Å². The van der Waals surface area contributed by atoms with Crippen molar-refractivity contribution >= 4 is 12.0 Å². The second-order valence-corrected chi connectivity index (χ2v) is 3.42. The van der Waals surface area contributed by atoms with Crippen LogP contribution in [0, 0.1) is 0 Å². The zero-order chi connectivity index (χ0) is 12.7. The van der Waals surface area contributed by atoms with E-state index in [1.807, 2.05) is 30.3 Å². The minimum absolute atomic E-state index is 0.0681. The molecule has 1 rings (SSSR count). The van der Waals surface area contributed by atoms with Gasteiger partial charge in [0.2, 0.25) is 0 Å². The summed E-state index contributed by atoms with van der Waals surface area (Å²) in [5.41, 5.74) is 5.73. The van der Waals surface area contributed by atoms with Crippen LogP contribution in [0.3, 0.4) is 0 Å². The van der Waals surface area contributed by atoms with Gasteiger partial charge in [-0.25, -0.2) is 4.79 Å². The van der Waals surface area contributed by atoms with E-state index in [1.165, 1.54) is 0 Å². The van der Waals surface area contributed by atoms with Crippen LogP contribution in [0.1, 0.15) is 18.4 Å². The molecular weight excluding hydrogens is 224 g/mol. The molecular formula is C11H14N2O4. The number of aryl methyl sites for hydroxylation is 1. The van der Waals surface area contributed by atoms with Gasteiger partial charge in [-0.05, 0) is 23.6 Å². The lowest BCUT2D eigenvalue weighted by atomic mass is 10.1. The van der Waals surface area contributed by atoms with Gasteiger partial charge in [0.05, 0.1) is 0 Å². The standard InChI is InChI=1S/C11H14N2O4/c12-11(15)17-13(16)10(14)8-4-7-9-5-2-1-3-6-9/h1-3,5-6,16H,4,7-8H2,(H2,12,15). The zero-order valence-electron chi connectivity index (χ0n) is 9.20. The van der Waals surface area contributed by atoms with E-state index in [2.05, 4.69) is 10.6 Å². The second-order valence-electron chi connectivity index (χ2n) is 3.42. The number of carbonyl (C=O) groups is 2. The molecule has 0 fully saturated rings. The normalized spacial score (nSPS) is 9.71. The van der Waals surface area contributed by atoms with Crippen LogP contribution in [0.15, 0.2) is 30.3 Å². The maximum Gasteiger partial charge on any atom is 0.431 e. The molecule has 0 heterocycles. The summed E-state index contributed by atoms with van der Waals surface area (Å²) >= 11 is 0. The fraction of sp³-hybridized carbons (Fsp3) is 0.273. The predicted octanol–water partition coefficient (Wildman–Crippen LogP) is 1.24. The van der Waals surface area contributed by atoms with Gasteiger partial charge in [-0.2, -0.15) is 0 Å². The number of carbonyl (C=O) groups excluding carboxylic acids is 2. The highest BCUT2D eigenvalue weighted by Crippen LogP contribution is 2.05. The third-order valence-corrected chi connectivity index (χ3v) is 2.09. The Morgan fingerprint density at radius 1 is 1.29 bits per heavy atom. The van der Waals surface area contributed by atoms with Crippen molar-refractivity contribution in [3.63, 3.8) is 0 Å². The van der Waals surface area contributed by atoms with Crippen LogP contribution in [0.4, 0.5) is 4.79 Å². The summed E-state index contributed by atoms with van der Waals surface area (Å²) in [5, 5.41) is 8.81. The molecule has 0 aliphatic carbocycles. The van der Waals surface area contributed by atoms with Crippen molar-refractivity contribution in [2.24, 2.45) is 5.73 Å². The number of amides is 2. The predicted molar refractivity (Wildman–Crippen MR) is 58.7 cm³/mol. The molecule has 6 heteroatoms. The maximum absolute atomic E-state index is 11.2. The topological polar surface area (TPSA) is 92.9 Å². The SMILES string of the molecule is NC(=O)ON(O)C(=O)CCCc1ccccc1. The lowest BCUT2D eigenvalue weighted by Gasteiger charge is -2.11. The summed E-state index contributed by atoms with van der Waals surface area (Å²) < 4.78 is 0. The summed E-state index contributed by atoms with van der Waals surface area (Å²) in [5.74, 6) is -0.709. The van der Waals surface area contributed by atoms with Gasteiger partial charge in [-0.15, -0.1) is 0 Å². The summed E-state index contributed by atoms with van der Waals surface area (Å²) in [6.45, 7) is 0. The molecule has 0 spiro atoms. The molecule has 1 aromatic rings. The molecule has 6 nitrogen and oxygen atoms in total. The Morgan fingerprint density at radius 3 is 2.53 bits per heavy atom. The van der Waals surface area contributed by atoms with E-state index in [9.17, 15) is 9.59 Å². The number of hydrogen-bond donors (Lipinski definition) is 2. The molecule has 0 atom stereocenters. The first-order chi connectivity index (χ1) is 8.09. The number of rotatable bonds is 4. The van der Waals surface area contributed by atoms with Gasteiger partial charge in [0.25, 0.3) is 5.91 Å². The van der Waals surface area contributed by atoms with Crippen molar-refractivity contribution in [3.8, 4) is 0 Å². The van der Waals surface area contributed by atoms with E-state index < -0.39 is 12.0 Å². The highest BCUT2D eigenvalue weighted by atomic mass is 16.9. The number of primary amides is 1. The van der Waals surface area contributed by atoms with Gasteiger partial charge >= 0.3 is 6.09 Å². The van der Waals surface area contributed by atoms with Crippen LogP contribution < -0.4 is 5.73 Å². The average Bonchev–Trinajstić information content (AvgIpc) is 2.29. The first-order valence-corrected chi connectivity index (χ1v) is 5.13. The van der Waals surface area contributed by atoms with E-state index in [0.717, 1.165) is 5.56 Å². The van der Waals surface area contributed by atoms with Crippen molar-refractivity contribution in [3.05, 3.63) is 35.9 Å². The van der Waals surface area contributed by atoms with E-state index in [1.54, 1.807) is 0 Å². The second kappa shape index (κ2) is 6.49. The van der Waals surface area contributed by atoms with Crippen LogP contribution in [-0.4, -0.2) is 22.4 Å². The first kappa shape index (κ1) is 13.0. The highest BCUT2D eigenvalue weighted by molar-refractivity contribution is 5.76. The average molecular weight is 238 g/mol. The van der Waals surface area contributed by atoms with Crippen LogP contribution in [-0.2, 0) is 16.1 Å². The van der Waals surface area contributed by atoms with Gasteiger partial charge in [0.1, 0.15) is 0 Å². The molecule has 3 N–H and O–H groups in total. The summed E-state index contributed by atoms with van der Waals surface area (Å²) in [6.07, 6.45) is 0.0847. The molecule has 1 aromatic carbocycles. The van der Waals surface area contributed by atoms with E-state index in [0.29, 0.717) is 12.8 Å². The number of hydrogen-bond acceptors (Lipinski definition) is 4. The maximum atomic E-state index is 11.2. The highest BCUT2D eigenvalue weighted by Gasteiger charge is 2.13. The third kappa shape index (κ3) is 4.98. The fourth-order valence-electron chi connectivity index (χ4n) is 1.32. The Bertz CT molecular complexity index is 380. The number of nitrogens with two attached hydrogens (primary N) is 1. The zero-order valence-corrected chi connectivity index (χ0v) is 9.20. The van der Waals surface area contributed by atoms with E-state index in [-0.39, 0.29) is 11.6 Å². The quantitative estimate of drug-likeness (QED) is 0.609. The number of nitrogens with zero attached hydrogens (tertiary/aromatic N) is 1. The number of hydroxylamine groups is 2. The Labute approximate surface area is 98.5 Å². The minimum Gasteiger partial charge on any atom is -0.333 e. The van der Waals surface area contributed by atoms with E-state index in [4.69, 9.17) is 5.21 Å². The van der Waals surface area contributed by atoms with Crippen LogP contribution in [0.25, 0.3) is 0 Å². The van der Waals surface area contributed by atoms with Gasteiger partial charge in [-0.1, -0.05) is 30.3 Å². The molecule has 0 aromatic heterocycles. The summed E-state index contributed by atoms with van der Waals surface area (Å²) in [6, 6.07) is 9.62. The molecule has 0 aliphatic heterocycles. The Hall–Kier alpha value is -2.08. The Morgan fingerprint density at radius 2 is 1.94 bits per heavy atom. The Balaban J connectivity index is 2.27. The summed E-state index contributed by atoms with van der Waals surface area (Å²) in [7, 11) is 0. The van der Waals surface area contributed by atoms with Gasteiger partial charge in [0.15, 0.2) is 0 Å². The number of benzene rings is 1. The molecule has 2 amide bonds. The summed E-state index contributed by atoms with van der Waals surface area (Å²) in [4.78, 5) is 25.5. The molecule has 0 aliphatic rings. The molecule has 0 saturated carbocycles. The molecule has 0 unspecified atom stereocenters. The van der Waals surface area contributed by atoms with Gasteiger partial charge in [0, 0.05) is 6.42 Å². The van der Waals surface area contributed by atoms with Crippen molar-refractivity contribution < 1.29 is 19.6 Å². The van der Waals surface area contributed by atoms with E-state index >= 15 is 0 Å². The van der Waals surface area contributed by atoms with Gasteiger partial charge in [-0.3, -0.25) is 14.8 Å². The Kier molecular flexibility index (Phi) is 4.96. The molecule has 0 saturated heterocycles. The molecule has 0 bridgehead atoms. The van der Waals surface area contributed by atoms with Crippen molar-refractivity contribution in [1.29, 1.82) is 0 Å². The lowest BCUT2D eigenvalue weighted by molar-refractivity contribution is -0.280. The van der Waals surface area contributed by atoms with Crippen LogP contribution >= 0.6 is 0 Å². The van der Waals surface area contributed by atoms with Crippen LogP contribution in [0.2, 0.25) is 0 Å². The smallest absolute Gasteiger partial charge is 0.333 e. The molecule has 17 heavy (non-hydrogen) atoms. The monoisotopic (exact) mass is 238 g/mol.